The number of benzene rings is 1. The molecular weight excluding hydrogens is 249 g/mol. The lowest BCUT2D eigenvalue weighted by molar-refractivity contribution is 0.493. The van der Waals surface area contributed by atoms with Gasteiger partial charge in [-0.1, -0.05) is 49.7 Å². The van der Waals surface area contributed by atoms with E-state index in [0.29, 0.717) is 5.56 Å². The highest BCUT2D eigenvalue weighted by molar-refractivity contribution is 6.30. The van der Waals surface area contributed by atoms with Gasteiger partial charge in [-0.25, -0.2) is 4.39 Å². The molecule has 0 spiro atoms. The van der Waals surface area contributed by atoms with E-state index in [4.69, 9.17) is 11.6 Å². The molecule has 3 heteroatoms. The van der Waals surface area contributed by atoms with Crippen molar-refractivity contribution in [1.29, 1.82) is 0 Å². The summed E-state index contributed by atoms with van der Waals surface area (Å²) in [5.41, 5.74) is 1.74. The maximum absolute atomic E-state index is 14.0. The van der Waals surface area contributed by atoms with Crippen LogP contribution in [0.25, 0.3) is 0 Å². The molecule has 0 heterocycles. The quantitative estimate of drug-likeness (QED) is 0.696. The molecule has 0 bridgehead atoms. The zero-order chi connectivity index (χ0) is 13.5. The van der Waals surface area contributed by atoms with Crippen LogP contribution >= 0.6 is 11.6 Å². The Labute approximate surface area is 114 Å². The van der Waals surface area contributed by atoms with Crippen molar-refractivity contribution < 1.29 is 4.39 Å². The third-order valence-corrected chi connectivity index (χ3v) is 3.28. The normalized spacial score (nSPS) is 12.4. The fourth-order valence-electron chi connectivity index (χ4n) is 1.83. The van der Waals surface area contributed by atoms with Crippen LogP contribution in [-0.2, 0) is 0 Å². The smallest absolute Gasteiger partial charge is 0.146 e. The van der Waals surface area contributed by atoms with Gasteiger partial charge in [0, 0.05) is 11.6 Å². The number of hydrogen-bond donors (Lipinski definition) is 1. The van der Waals surface area contributed by atoms with E-state index < -0.39 is 0 Å². The summed E-state index contributed by atoms with van der Waals surface area (Å²) < 4.78 is 14.0. The molecular formula is C15H21ClFN. The summed E-state index contributed by atoms with van der Waals surface area (Å²) in [4.78, 5) is 0. The maximum atomic E-state index is 14.0. The highest BCUT2D eigenvalue weighted by Crippen LogP contribution is 2.27. The predicted octanol–water partition coefficient (Wildman–Crippen LogP) is 4.88. The first-order valence-corrected chi connectivity index (χ1v) is 6.81. The van der Waals surface area contributed by atoms with E-state index in [1.54, 1.807) is 18.2 Å². The van der Waals surface area contributed by atoms with Gasteiger partial charge in [-0.3, -0.25) is 0 Å². The predicted molar refractivity (Wildman–Crippen MR) is 76.5 cm³/mol. The highest BCUT2D eigenvalue weighted by Gasteiger charge is 2.17. The zero-order valence-electron chi connectivity index (χ0n) is 11.1. The zero-order valence-corrected chi connectivity index (χ0v) is 11.9. The van der Waals surface area contributed by atoms with Crippen LogP contribution in [-0.4, -0.2) is 6.54 Å². The van der Waals surface area contributed by atoms with E-state index in [1.807, 2.05) is 0 Å². The molecule has 1 nitrogen and oxygen atoms in total. The van der Waals surface area contributed by atoms with Gasteiger partial charge in [0.25, 0.3) is 0 Å². The van der Waals surface area contributed by atoms with E-state index in [-0.39, 0.29) is 16.9 Å². The van der Waals surface area contributed by atoms with Crippen LogP contribution in [0.4, 0.5) is 4.39 Å². The lowest BCUT2D eigenvalue weighted by Crippen LogP contribution is -2.23. The molecule has 100 valence electrons. The SMILES string of the molecule is C=C(CC)CC(NCCC)c1cccc(Cl)c1F. The van der Waals surface area contributed by atoms with Crippen molar-refractivity contribution in [3.63, 3.8) is 0 Å². The molecule has 0 amide bonds. The van der Waals surface area contributed by atoms with Gasteiger partial charge in [-0.2, -0.15) is 0 Å². The molecule has 18 heavy (non-hydrogen) atoms. The maximum Gasteiger partial charge on any atom is 0.146 e. The van der Waals surface area contributed by atoms with Crippen LogP contribution < -0.4 is 5.32 Å². The molecule has 0 saturated heterocycles. The van der Waals surface area contributed by atoms with Crippen molar-refractivity contribution in [1.82, 2.24) is 5.32 Å². The van der Waals surface area contributed by atoms with Gasteiger partial charge in [0.05, 0.1) is 5.02 Å². The molecule has 0 aliphatic rings. The summed E-state index contributed by atoms with van der Waals surface area (Å²) in [7, 11) is 0. The third-order valence-electron chi connectivity index (χ3n) is 2.99. The Morgan fingerprint density at radius 3 is 2.78 bits per heavy atom. The number of halogens is 2. The summed E-state index contributed by atoms with van der Waals surface area (Å²) >= 11 is 5.84. The standard InChI is InChI=1S/C15H21ClFN/c1-4-9-18-14(10-11(3)5-2)12-7-6-8-13(16)15(12)17/h6-8,14,18H,3-5,9-10H2,1-2H3. The van der Waals surface area contributed by atoms with Crippen LogP contribution in [0.15, 0.2) is 30.4 Å². The van der Waals surface area contributed by atoms with E-state index in [2.05, 4.69) is 25.7 Å². The molecule has 0 saturated carbocycles. The Bertz CT molecular complexity index is 403. The Morgan fingerprint density at radius 1 is 1.44 bits per heavy atom. The summed E-state index contributed by atoms with van der Waals surface area (Å²) in [6, 6.07) is 5.11. The summed E-state index contributed by atoms with van der Waals surface area (Å²) in [5, 5.41) is 3.54. The van der Waals surface area contributed by atoms with Gasteiger partial charge in [0.15, 0.2) is 0 Å². The molecule has 1 rings (SSSR count). The molecule has 0 aliphatic carbocycles. The molecule has 0 aliphatic heterocycles. The van der Waals surface area contributed by atoms with Gasteiger partial charge in [0.1, 0.15) is 5.82 Å². The van der Waals surface area contributed by atoms with Gasteiger partial charge < -0.3 is 5.32 Å². The summed E-state index contributed by atoms with van der Waals surface area (Å²) in [6.07, 6.45) is 2.66. The second-order valence-electron chi connectivity index (χ2n) is 4.46. The van der Waals surface area contributed by atoms with E-state index in [9.17, 15) is 4.39 Å². The highest BCUT2D eigenvalue weighted by atomic mass is 35.5. The second-order valence-corrected chi connectivity index (χ2v) is 4.86. The van der Waals surface area contributed by atoms with Crippen molar-refractivity contribution in [2.75, 3.05) is 6.54 Å². The topological polar surface area (TPSA) is 12.0 Å². The van der Waals surface area contributed by atoms with Crippen molar-refractivity contribution in [3.05, 3.63) is 46.8 Å². The van der Waals surface area contributed by atoms with Crippen LogP contribution in [0.3, 0.4) is 0 Å². The second kappa shape index (κ2) is 7.55. The monoisotopic (exact) mass is 269 g/mol. The Balaban J connectivity index is 2.93. The molecule has 0 radical (unpaired) electrons. The minimum Gasteiger partial charge on any atom is -0.310 e. The molecule has 1 N–H and O–H groups in total. The number of nitrogens with one attached hydrogen (secondary N) is 1. The van der Waals surface area contributed by atoms with Crippen molar-refractivity contribution in [2.45, 2.75) is 39.2 Å². The first-order chi connectivity index (χ1) is 8.60. The first-order valence-electron chi connectivity index (χ1n) is 6.44. The Hall–Kier alpha value is -0.860. The molecule has 1 aromatic rings. The molecule has 1 unspecified atom stereocenters. The first kappa shape index (κ1) is 15.2. The third kappa shape index (κ3) is 4.11. The Morgan fingerprint density at radius 2 is 2.17 bits per heavy atom. The van der Waals surface area contributed by atoms with Crippen LogP contribution in [0, 0.1) is 5.82 Å². The van der Waals surface area contributed by atoms with Crippen molar-refractivity contribution >= 4 is 11.6 Å². The average molecular weight is 270 g/mol. The van der Waals surface area contributed by atoms with E-state index in [0.717, 1.165) is 31.4 Å². The Kier molecular flexibility index (Phi) is 6.37. The van der Waals surface area contributed by atoms with E-state index in [1.165, 1.54) is 0 Å². The largest absolute Gasteiger partial charge is 0.310 e. The minimum atomic E-state index is -0.323. The lowest BCUT2D eigenvalue weighted by atomic mass is 9.98. The summed E-state index contributed by atoms with van der Waals surface area (Å²) in [6.45, 7) is 9.01. The van der Waals surface area contributed by atoms with Crippen molar-refractivity contribution in [3.8, 4) is 0 Å². The summed E-state index contributed by atoms with van der Waals surface area (Å²) in [5.74, 6) is -0.323. The fraction of sp³-hybridized carbons (Fsp3) is 0.467. The molecule has 0 fully saturated rings. The van der Waals surface area contributed by atoms with Gasteiger partial charge >= 0.3 is 0 Å². The fourth-order valence-corrected chi connectivity index (χ4v) is 2.02. The number of hydrogen-bond acceptors (Lipinski definition) is 1. The molecule has 0 aromatic heterocycles. The van der Waals surface area contributed by atoms with Gasteiger partial charge in [0.2, 0.25) is 0 Å². The van der Waals surface area contributed by atoms with Gasteiger partial charge in [-0.05, 0) is 31.9 Å². The average Bonchev–Trinajstić information content (AvgIpc) is 2.37. The van der Waals surface area contributed by atoms with Gasteiger partial charge in [-0.15, -0.1) is 0 Å². The lowest BCUT2D eigenvalue weighted by Gasteiger charge is -2.20. The number of rotatable bonds is 7. The minimum absolute atomic E-state index is 0.0453. The molecule has 1 aromatic carbocycles. The molecule has 1 atom stereocenters. The van der Waals surface area contributed by atoms with Crippen LogP contribution in [0.1, 0.15) is 44.7 Å². The van der Waals surface area contributed by atoms with Crippen LogP contribution in [0.2, 0.25) is 5.02 Å². The van der Waals surface area contributed by atoms with Crippen molar-refractivity contribution in [2.24, 2.45) is 0 Å². The van der Waals surface area contributed by atoms with E-state index >= 15 is 0 Å². The van der Waals surface area contributed by atoms with Crippen LogP contribution in [0.5, 0.6) is 0 Å².